The molecule has 2 aliphatic rings. The fourth-order valence-corrected chi connectivity index (χ4v) is 4.30. The number of carbonyl (C=O) groups is 1. The average molecular weight is 488 g/mol. The van der Waals surface area contributed by atoms with Crippen molar-refractivity contribution in [3.63, 3.8) is 0 Å². The molecule has 7 heteroatoms. The quantitative estimate of drug-likeness (QED) is 0.372. The van der Waals surface area contributed by atoms with Crippen LogP contribution in [0.3, 0.4) is 0 Å². The number of morpholine rings is 1. The minimum Gasteiger partial charge on any atom is -0.503 e. The van der Waals surface area contributed by atoms with Crippen LogP contribution in [0.5, 0.6) is 0 Å². The number of allylic oxidation sites excluding steroid dienone is 2. The van der Waals surface area contributed by atoms with Crippen molar-refractivity contribution in [1.29, 1.82) is 0 Å². The van der Waals surface area contributed by atoms with E-state index in [4.69, 9.17) is 9.84 Å². The molecule has 0 saturated carbocycles. The van der Waals surface area contributed by atoms with Gasteiger partial charge in [0.1, 0.15) is 0 Å². The average Bonchev–Trinajstić information content (AvgIpc) is 2.91. The Morgan fingerprint density at radius 2 is 1.69 bits per heavy atom. The Morgan fingerprint density at radius 3 is 2.36 bits per heavy atom. The maximum absolute atomic E-state index is 11.9. The second-order valence-corrected chi connectivity index (χ2v) is 9.02. The molecule has 1 unspecified atom stereocenters. The summed E-state index contributed by atoms with van der Waals surface area (Å²) < 4.78 is 5.41. The summed E-state index contributed by atoms with van der Waals surface area (Å²) in [5.74, 6) is 5.90. The molecule has 36 heavy (non-hydrogen) atoms. The molecule has 0 aromatic heterocycles. The predicted molar refractivity (Wildman–Crippen MR) is 140 cm³/mol. The van der Waals surface area contributed by atoms with E-state index in [0.29, 0.717) is 25.2 Å². The van der Waals surface area contributed by atoms with Gasteiger partial charge in [-0.3, -0.25) is 14.7 Å². The molecule has 1 saturated heterocycles. The lowest BCUT2D eigenvalue weighted by molar-refractivity contribution is -0.117. The van der Waals surface area contributed by atoms with Crippen molar-refractivity contribution in [3.8, 4) is 11.8 Å². The van der Waals surface area contributed by atoms with Crippen molar-refractivity contribution in [3.05, 3.63) is 82.2 Å². The van der Waals surface area contributed by atoms with E-state index >= 15 is 0 Å². The van der Waals surface area contributed by atoms with Gasteiger partial charge in [-0.05, 0) is 35.4 Å². The van der Waals surface area contributed by atoms with Crippen LogP contribution in [0, 0.1) is 11.8 Å². The van der Waals surface area contributed by atoms with Gasteiger partial charge in [0.25, 0.3) is 0 Å². The topological polar surface area (TPSA) is 94.4 Å². The highest BCUT2D eigenvalue weighted by molar-refractivity contribution is 6.03. The van der Waals surface area contributed by atoms with Gasteiger partial charge in [-0.1, -0.05) is 36.1 Å². The third-order valence-electron chi connectivity index (χ3n) is 6.38. The van der Waals surface area contributed by atoms with Gasteiger partial charge >= 0.3 is 0 Å². The first kappa shape index (κ1) is 25.8. The molecule has 0 bridgehead atoms. The zero-order valence-corrected chi connectivity index (χ0v) is 20.4. The van der Waals surface area contributed by atoms with E-state index in [-0.39, 0.29) is 30.5 Å². The van der Waals surface area contributed by atoms with Gasteiger partial charge in [0.15, 0.2) is 5.76 Å². The minimum atomic E-state index is -0.304. The monoisotopic (exact) mass is 487 g/mol. The molecule has 0 amide bonds. The number of Topliss-reactive ketones (excluding diaryl/α,β-unsaturated/α-hetero) is 1. The van der Waals surface area contributed by atoms with Gasteiger partial charge < -0.3 is 20.3 Å². The zero-order chi connectivity index (χ0) is 25.2. The fourth-order valence-electron chi connectivity index (χ4n) is 4.30. The third-order valence-corrected chi connectivity index (χ3v) is 6.38. The van der Waals surface area contributed by atoms with Crippen LogP contribution in [0.1, 0.15) is 41.0 Å². The highest BCUT2D eigenvalue weighted by Gasteiger charge is 2.21. The smallest absolute Gasteiger partial charge is 0.204 e. The molecular weight excluding hydrogens is 454 g/mol. The molecule has 0 aliphatic carbocycles. The Bertz CT molecular complexity index is 1140. The van der Waals surface area contributed by atoms with Crippen LogP contribution in [0.2, 0.25) is 0 Å². The van der Waals surface area contributed by atoms with Crippen LogP contribution in [-0.4, -0.2) is 73.1 Å². The van der Waals surface area contributed by atoms with Crippen LogP contribution in [-0.2, 0) is 16.1 Å². The van der Waals surface area contributed by atoms with Gasteiger partial charge in [-0.15, -0.1) is 0 Å². The van der Waals surface area contributed by atoms with Gasteiger partial charge in [-0.25, -0.2) is 0 Å². The van der Waals surface area contributed by atoms with E-state index < -0.39 is 0 Å². The number of nitrogens with zero attached hydrogens (tertiary/aromatic N) is 2. The molecule has 188 valence electrons. The minimum absolute atomic E-state index is 0.0160. The molecule has 2 heterocycles. The number of ether oxygens (including phenoxy) is 1. The number of hydrogen-bond donors (Lipinski definition) is 3. The summed E-state index contributed by atoms with van der Waals surface area (Å²) in [7, 11) is 0. The number of carbonyl (C=O) groups excluding carboxylic acids is 1. The molecular formula is C29H33N3O4. The van der Waals surface area contributed by atoms with Crippen molar-refractivity contribution in [2.45, 2.75) is 25.3 Å². The van der Waals surface area contributed by atoms with Crippen LogP contribution < -0.4 is 5.32 Å². The van der Waals surface area contributed by atoms with E-state index in [2.05, 4.69) is 51.3 Å². The fraction of sp³-hybridized carbons (Fsp3) is 0.379. The van der Waals surface area contributed by atoms with Crippen molar-refractivity contribution in [2.24, 2.45) is 4.99 Å². The summed E-state index contributed by atoms with van der Waals surface area (Å²) in [5, 5.41) is 22.5. The standard InChI is InChI=1S/C29H33N3O4/c33-16-13-30-20-26(19-27-29(35)28(34)11-12-31-27)25-9-7-23(8-10-25)2-1-22-3-5-24(6-4-22)21-32-14-17-36-18-15-32/h3-10,12,26,30,33,35H,11,13-21H2. The normalized spacial score (nSPS) is 17.1. The number of nitrogens with one attached hydrogen (secondary N) is 1. The largest absolute Gasteiger partial charge is 0.503 e. The first-order valence-corrected chi connectivity index (χ1v) is 12.4. The molecule has 1 fully saturated rings. The number of ketones is 1. The highest BCUT2D eigenvalue weighted by atomic mass is 16.5. The van der Waals surface area contributed by atoms with Crippen molar-refractivity contribution in [1.82, 2.24) is 10.2 Å². The second kappa shape index (κ2) is 13.1. The Balaban J connectivity index is 1.40. The lowest BCUT2D eigenvalue weighted by Crippen LogP contribution is -2.35. The lowest BCUT2D eigenvalue weighted by atomic mass is 9.92. The summed E-state index contributed by atoms with van der Waals surface area (Å²) in [4.78, 5) is 18.5. The number of aliphatic hydroxyl groups excluding tert-OH is 2. The Labute approximate surface area is 212 Å². The van der Waals surface area contributed by atoms with E-state index in [9.17, 15) is 9.90 Å². The van der Waals surface area contributed by atoms with E-state index in [0.717, 1.165) is 49.5 Å². The molecule has 1 atom stereocenters. The van der Waals surface area contributed by atoms with Gasteiger partial charge in [0.05, 0.1) is 25.5 Å². The van der Waals surface area contributed by atoms with E-state index in [1.807, 2.05) is 24.3 Å². The van der Waals surface area contributed by atoms with E-state index in [1.165, 1.54) is 5.56 Å². The predicted octanol–water partition coefficient (Wildman–Crippen LogP) is 2.79. The van der Waals surface area contributed by atoms with Crippen molar-refractivity contribution < 1.29 is 19.7 Å². The van der Waals surface area contributed by atoms with Crippen molar-refractivity contribution >= 4 is 12.0 Å². The summed E-state index contributed by atoms with van der Waals surface area (Å²) in [6, 6.07) is 16.4. The number of rotatable bonds is 9. The number of aliphatic hydroxyl groups is 2. The van der Waals surface area contributed by atoms with Gasteiger partial charge in [-0.2, -0.15) is 0 Å². The zero-order valence-electron chi connectivity index (χ0n) is 20.4. The summed E-state index contributed by atoms with van der Waals surface area (Å²) >= 11 is 0. The SMILES string of the molecule is O=C1CC=NC(CC(CNCCO)c2ccc(C#Cc3ccc(CN4CCOCC4)cc3)cc2)=C1O. The van der Waals surface area contributed by atoms with Crippen molar-refractivity contribution in [2.75, 3.05) is 46.0 Å². The molecule has 2 aromatic rings. The molecule has 2 aliphatic heterocycles. The van der Waals surface area contributed by atoms with Gasteiger partial charge in [0.2, 0.25) is 5.78 Å². The van der Waals surface area contributed by atoms with Crippen LogP contribution >= 0.6 is 0 Å². The molecule has 4 rings (SSSR count). The first-order valence-electron chi connectivity index (χ1n) is 12.4. The highest BCUT2D eigenvalue weighted by Crippen LogP contribution is 2.27. The maximum atomic E-state index is 11.9. The molecule has 2 aromatic carbocycles. The summed E-state index contributed by atoms with van der Waals surface area (Å²) in [6.07, 6.45) is 2.10. The Kier molecular flexibility index (Phi) is 9.42. The maximum Gasteiger partial charge on any atom is 0.204 e. The Hall–Kier alpha value is -3.28. The summed E-state index contributed by atoms with van der Waals surface area (Å²) in [5.41, 5.74) is 4.61. The van der Waals surface area contributed by atoms with Crippen LogP contribution in [0.25, 0.3) is 0 Å². The summed E-state index contributed by atoms with van der Waals surface area (Å²) in [6.45, 7) is 5.58. The number of hydrogen-bond acceptors (Lipinski definition) is 7. The molecule has 0 radical (unpaired) electrons. The second-order valence-electron chi connectivity index (χ2n) is 9.02. The first-order chi connectivity index (χ1) is 17.6. The molecule has 3 N–H and O–H groups in total. The Morgan fingerprint density at radius 1 is 1.03 bits per heavy atom. The molecule has 0 spiro atoms. The molecule has 7 nitrogen and oxygen atoms in total. The van der Waals surface area contributed by atoms with Crippen LogP contribution in [0.4, 0.5) is 0 Å². The van der Waals surface area contributed by atoms with Crippen LogP contribution in [0.15, 0.2) is 65.0 Å². The van der Waals surface area contributed by atoms with Gasteiger partial charge in [0, 0.05) is 68.8 Å². The van der Waals surface area contributed by atoms with E-state index in [1.54, 1.807) is 6.21 Å². The third kappa shape index (κ3) is 7.36. The lowest BCUT2D eigenvalue weighted by Gasteiger charge is -2.26. The number of benzene rings is 2. The number of aliphatic imine (C=N–C) groups is 1.